The molecule has 4 aromatic rings. The molecule has 1 aliphatic rings. The van der Waals surface area contributed by atoms with E-state index in [-0.39, 0.29) is 17.4 Å². The monoisotopic (exact) mass is 526 g/mol. The number of β-amino-alcohol motifs (C(OH)–C–C–N with tert-alkyl or cyclic N) is 1. The van der Waals surface area contributed by atoms with E-state index in [2.05, 4.69) is 54.1 Å². The van der Waals surface area contributed by atoms with Gasteiger partial charge in [-0.05, 0) is 55.5 Å². The van der Waals surface area contributed by atoms with Crippen molar-refractivity contribution in [3.05, 3.63) is 84.1 Å². The molecule has 1 amide bonds. The van der Waals surface area contributed by atoms with Gasteiger partial charge < -0.3 is 20.6 Å². The number of aromatic nitrogens is 4. The summed E-state index contributed by atoms with van der Waals surface area (Å²) in [6.07, 6.45) is 3.74. The molecule has 39 heavy (non-hydrogen) atoms. The summed E-state index contributed by atoms with van der Waals surface area (Å²) in [5, 5.41) is 15.8. The molecule has 1 atom stereocenters. The molecule has 0 aliphatic carbocycles. The molecule has 0 saturated carbocycles. The van der Waals surface area contributed by atoms with Crippen LogP contribution in [0.1, 0.15) is 6.92 Å². The fourth-order valence-corrected chi connectivity index (χ4v) is 4.56. The van der Waals surface area contributed by atoms with Crippen molar-refractivity contribution < 1.29 is 9.90 Å². The normalized spacial score (nSPS) is 14.7. The van der Waals surface area contributed by atoms with Crippen molar-refractivity contribution in [3.63, 3.8) is 0 Å². The van der Waals surface area contributed by atoms with Crippen LogP contribution in [0.3, 0.4) is 0 Å². The molecule has 200 valence electrons. The van der Waals surface area contributed by atoms with Gasteiger partial charge in [0.2, 0.25) is 11.9 Å². The number of amides is 1. The summed E-state index contributed by atoms with van der Waals surface area (Å²) >= 11 is 0. The summed E-state index contributed by atoms with van der Waals surface area (Å²) in [6, 6.07) is 15.2. The van der Waals surface area contributed by atoms with Crippen molar-refractivity contribution in [3.8, 4) is 5.69 Å². The summed E-state index contributed by atoms with van der Waals surface area (Å²) < 4.78 is 1.67. The van der Waals surface area contributed by atoms with Gasteiger partial charge in [0.15, 0.2) is 5.65 Å². The SMILES string of the molecule is C=CC(=O)Nc1cccc(-n2cnc(=O)c3cnc(Nc4ccc(N5CCN(C[C@@H](C)O)CC5)cc4)nc32)c1. The number of fused-ring (bicyclic) bond motifs is 1. The molecule has 2 aromatic carbocycles. The number of aliphatic hydroxyl groups is 1. The first-order valence-corrected chi connectivity index (χ1v) is 12.7. The van der Waals surface area contributed by atoms with Crippen molar-refractivity contribution in [2.45, 2.75) is 13.0 Å². The summed E-state index contributed by atoms with van der Waals surface area (Å²) in [6.45, 7) is 9.61. The van der Waals surface area contributed by atoms with Gasteiger partial charge in [0, 0.05) is 56.0 Å². The van der Waals surface area contributed by atoms with Crippen LogP contribution in [0.4, 0.5) is 23.0 Å². The topological polar surface area (TPSA) is 129 Å². The number of aliphatic hydroxyl groups excluding tert-OH is 1. The zero-order valence-electron chi connectivity index (χ0n) is 21.6. The Kier molecular flexibility index (Phi) is 7.62. The summed E-state index contributed by atoms with van der Waals surface area (Å²) in [5.41, 5.74) is 3.12. The van der Waals surface area contributed by atoms with Crippen molar-refractivity contribution in [1.82, 2.24) is 24.4 Å². The quantitative estimate of drug-likeness (QED) is 0.297. The lowest BCUT2D eigenvalue weighted by Crippen LogP contribution is -2.48. The van der Waals surface area contributed by atoms with Crippen LogP contribution in [0.2, 0.25) is 0 Å². The number of rotatable bonds is 8. The second-order valence-corrected chi connectivity index (χ2v) is 9.40. The fourth-order valence-electron chi connectivity index (χ4n) is 4.56. The van der Waals surface area contributed by atoms with Crippen LogP contribution >= 0.6 is 0 Å². The lowest BCUT2D eigenvalue weighted by atomic mass is 10.2. The molecular formula is C28H30N8O3. The first-order valence-electron chi connectivity index (χ1n) is 12.7. The molecule has 11 nitrogen and oxygen atoms in total. The summed E-state index contributed by atoms with van der Waals surface area (Å²) in [5.74, 6) is 0.00547. The number of carbonyl (C=O) groups is 1. The number of anilines is 4. The van der Waals surface area contributed by atoms with Crippen LogP contribution in [0.25, 0.3) is 16.7 Å². The average Bonchev–Trinajstić information content (AvgIpc) is 2.94. The van der Waals surface area contributed by atoms with Crippen molar-refractivity contribution in [1.29, 1.82) is 0 Å². The van der Waals surface area contributed by atoms with Gasteiger partial charge in [-0.25, -0.2) is 4.98 Å². The molecule has 11 heteroatoms. The van der Waals surface area contributed by atoms with Gasteiger partial charge >= 0.3 is 0 Å². The van der Waals surface area contributed by atoms with E-state index in [9.17, 15) is 14.7 Å². The van der Waals surface area contributed by atoms with E-state index in [4.69, 9.17) is 0 Å². The Morgan fingerprint density at radius 1 is 1.08 bits per heavy atom. The van der Waals surface area contributed by atoms with E-state index < -0.39 is 5.56 Å². The number of piperazine rings is 1. The number of nitrogens with one attached hydrogen (secondary N) is 2. The van der Waals surface area contributed by atoms with Crippen LogP contribution in [-0.2, 0) is 4.79 Å². The molecule has 2 aromatic heterocycles. The molecular weight excluding hydrogens is 496 g/mol. The Balaban J connectivity index is 1.35. The van der Waals surface area contributed by atoms with E-state index in [1.54, 1.807) is 22.8 Å². The Bertz CT molecular complexity index is 1540. The molecule has 0 radical (unpaired) electrons. The Hall–Kier alpha value is -4.61. The maximum Gasteiger partial charge on any atom is 0.283 e. The third-order valence-electron chi connectivity index (χ3n) is 6.48. The van der Waals surface area contributed by atoms with E-state index in [1.165, 1.54) is 18.6 Å². The Morgan fingerprint density at radius 3 is 2.56 bits per heavy atom. The van der Waals surface area contributed by atoms with E-state index in [0.717, 1.165) is 37.6 Å². The van der Waals surface area contributed by atoms with Gasteiger partial charge in [-0.2, -0.15) is 9.97 Å². The maximum absolute atomic E-state index is 12.4. The number of benzene rings is 2. The van der Waals surface area contributed by atoms with Crippen LogP contribution in [-0.4, -0.2) is 74.3 Å². The first kappa shape index (κ1) is 26.0. The van der Waals surface area contributed by atoms with Gasteiger partial charge in [0.1, 0.15) is 11.7 Å². The molecule has 0 spiro atoms. The highest BCUT2D eigenvalue weighted by molar-refractivity contribution is 5.99. The van der Waals surface area contributed by atoms with E-state index in [1.807, 2.05) is 25.1 Å². The summed E-state index contributed by atoms with van der Waals surface area (Å²) in [4.78, 5) is 41.7. The summed E-state index contributed by atoms with van der Waals surface area (Å²) in [7, 11) is 0. The van der Waals surface area contributed by atoms with Gasteiger partial charge in [0.25, 0.3) is 5.56 Å². The van der Waals surface area contributed by atoms with Crippen LogP contribution in [0.5, 0.6) is 0 Å². The van der Waals surface area contributed by atoms with Gasteiger partial charge in [-0.15, -0.1) is 0 Å². The smallest absolute Gasteiger partial charge is 0.283 e. The van der Waals surface area contributed by atoms with Gasteiger partial charge in [0.05, 0.1) is 11.8 Å². The molecule has 0 bridgehead atoms. The third kappa shape index (κ3) is 6.11. The number of hydrogen-bond donors (Lipinski definition) is 3. The molecule has 3 N–H and O–H groups in total. The van der Waals surface area contributed by atoms with Gasteiger partial charge in [-0.1, -0.05) is 12.6 Å². The predicted octanol–water partition coefficient (Wildman–Crippen LogP) is 2.55. The second kappa shape index (κ2) is 11.4. The molecule has 1 fully saturated rings. The largest absolute Gasteiger partial charge is 0.392 e. The Morgan fingerprint density at radius 2 is 1.85 bits per heavy atom. The molecule has 0 unspecified atom stereocenters. The molecule has 3 heterocycles. The zero-order valence-corrected chi connectivity index (χ0v) is 21.6. The van der Waals surface area contributed by atoms with Crippen molar-refractivity contribution in [2.75, 3.05) is 48.3 Å². The van der Waals surface area contributed by atoms with E-state index >= 15 is 0 Å². The van der Waals surface area contributed by atoms with E-state index in [0.29, 0.717) is 29.5 Å². The maximum atomic E-state index is 12.4. The van der Waals surface area contributed by atoms with Crippen LogP contribution in [0.15, 0.2) is 78.5 Å². The lowest BCUT2D eigenvalue weighted by Gasteiger charge is -2.36. The van der Waals surface area contributed by atoms with Gasteiger partial charge in [-0.3, -0.25) is 19.1 Å². The second-order valence-electron chi connectivity index (χ2n) is 9.40. The predicted molar refractivity (Wildman–Crippen MR) is 152 cm³/mol. The third-order valence-corrected chi connectivity index (χ3v) is 6.48. The molecule has 1 aliphatic heterocycles. The number of carbonyl (C=O) groups excluding carboxylic acids is 1. The highest BCUT2D eigenvalue weighted by Crippen LogP contribution is 2.23. The minimum absolute atomic E-state index is 0.272. The first-order chi connectivity index (χ1) is 18.9. The van der Waals surface area contributed by atoms with Crippen molar-refractivity contribution >= 4 is 40.0 Å². The highest BCUT2D eigenvalue weighted by Gasteiger charge is 2.18. The highest BCUT2D eigenvalue weighted by atomic mass is 16.3. The minimum atomic E-state index is -0.429. The average molecular weight is 527 g/mol. The van der Waals surface area contributed by atoms with Crippen LogP contribution in [0, 0.1) is 0 Å². The lowest BCUT2D eigenvalue weighted by molar-refractivity contribution is -0.111. The fraction of sp³-hybridized carbons (Fsp3) is 0.250. The minimum Gasteiger partial charge on any atom is -0.392 e. The Labute approximate surface area is 225 Å². The molecule has 1 saturated heterocycles. The van der Waals surface area contributed by atoms with Crippen molar-refractivity contribution in [2.24, 2.45) is 0 Å². The molecule has 5 rings (SSSR count). The van der Waals surface area contributed by atoms with Crippen LogP contribution < -0.4 is 21.1 Å². The zero-order chi connectivity index (χ0) is 27.4. The number of hydrogen-bond acceptors (Lipinski definition) is 9. The standard InChI is InChI=1S/C28H30N8O3/c1-3-25(38)31-21-5-4-6-23(15-21)36-18-30-27(39)24-16-29-28(33-26(24)36)32-20-7-9-22(10-8-20)35-13-11-34(12-14-35)17-19(2)37/h3-10,15-16,18-19,37H,1,11-14,17H2,2H3,(H,31,38)(H,29,32,33)/t19-/m1/s1. The number of nitrogens with zero attached hydrogens (tertiary/aromatic N) is 6.